The summed E-state index contributed by atoms with van der Waals surface area (Å²) in [4.78, 5) is 12.0. The summed E-state index contributed by atoms with van der Waals surface area (Å²) in [6, 6.07) is 1.75. The minimum atomic E-state index is -0.118. The van der Waals surface area contributed by atoms with Gasteiger partial charge >= 0.3 is 0 Å². The number of aliphatic hydroxyl groups is 1. The quantitative estimate of drug-likeness (QED) is 0.781. The Morgan fingerprint density at radius 2 is 2.29 bits per heavy atom. The maximum Gasteiger partial charge on any atom is 0.255 e. The number of nitrogens with one attached hydrogen (secondary N) is 1. The van der Waals surface area contributed by atoms with Crippen LogP contribution in [0.15, 0.2) is 22.6 Å². The monoisotopic (exact) mass is 235 g/mol. The number of hydrogen-bond donors (Lipinski definition) is 2. The van der Waals surface area contributed by atoms with Crippen molar-refractivity contribution in [2.45, 2.75) is 26.3 Å². The molecule has 2 N–H and O–H groups in total. The maximum atomic E-state index is 12.0. The predicted octanol–water partition coefficient (Wildman–Crippen LogP) is 1.56. The van der Waals surface area contributed by atoms with E-state index < -0.39 is 0 Å². The van der Waals surface area contributed by atoms with Crippen molar-refractivity contribution in [2.24, 2.45) is 5.92 Å². The molecule has 0 fully saturated rings. The summed E-state index contributed by atoms with van der Waals surface area (Å²) in [5, 5.41) is 11.9. The van der Waals surface area contributed by atoms with E-state index in [1.807, 2.05) is 19.1 Å². The number of carbonyl (C=O) groups excluding carboxylic acids is 1. The highest BCUT2D eigenvalue weighted by Crippen LogP contribution is 2.19. The minimum Gasteiger partial charge on any atom is -0.466 e. The predicted molar refractivity (Wildman–Crippen MR) is 63.8 cm³/mol. The Morgan fingerprint density at radius 1 is 1.53 bits per heavy atom. The third-order valence-corrected chi connectivity index (χ3v) is 3.01. The number of carbonyl (C=O) groups is 1. The molecule has 0 unspecified atom stereocenters. The largest absolute Gasteiger partial charge is 0.466 e. The number of aliphatic hydroxyl groups excluding tert-OH is 1. The van der Waals surface area contributed by atoms with Crippen LogP contribution < -0.4 is 5.32 Å². The zero-order valence-corrected chi connectivity index (χ0v) is 10.1. The van der Waals surface area contributed by atoms with Gasteiger partial charge in [-0.05, 0) is 26.3 Å². The summed E-state index contributed by atoms with van der Waals surface area (Å²) in [5.74, 6) is 1.42. The van der Waals surface area contributed by atoms with Crippen molar-refractivity contribution in [3.05, 3.63) is 35.3 Å². The van der Waals surface area contributed by atoms with Crippen molar-refractivity contribution in [1.29, 1.82) is 0 Å². The Balaban J connectivity index is 1.99. The lowest BCUT2D eigenvalue weighted by molar-refractivity contribution is 0.0939. The van der Waals surface area contributed by atoms with Crippen LogP contribution in [-0.4, -0.2) is 23.7 Å². The molecular weight excluding hydrogens is 218 g/mol. The molecule has 2 rings (SSSR count). The van der Waals surface area contributed by atoms with Crippen LogP contribution >= 0.6 is 0 Å². The highest BCUT2D eigenvalue weighted by molar-refractivity contribution is 5.95. The first kappa shape index (κ1) is 11.9. The molecule has 0 radical (unpaired) electrons. The zero-order chi connectivity index (χ0) is 12.4. The van der Waals surface area contributed by atoms with Gasteiger partial charge in [-0.2, -0.15) is 0 Å². The number of furan rings is 1. The van der Waals surface area contributed by atoms with Crippen molar-refractivity contribution in [3.8, 4) is 0 Å². The minimum absolute atomic E-state index is 0.00857. The van der Waals surface area contributed by atoms with Gasteiger partial charge in [0.2, 0.25) is 0 Å². The summed E-state index contributed by atoms with van der Waals surface area (Å²) in [5.41, 5.74) is 0.586. The molecule has 4 heteroatoms. The normalized spacial score (nSPS) is 23.0. The van der Waals surface area contributed by atoms with Crippen LogP contribution in [0.3, 0.4) is 0 Å². The third-order valence-electron chi connectivity index (χ3n) is 3.01. The molecule has 17 heavy (non-hydrogen) atoms. The topological polar surface area (TPSA) is 62.5 Å². The molecule has 1 amide bonds. The van der Waals surface area contributed by atoms with Crippen molar-refractivity contribution in [2.75, 3.05) is 6.61 Å². The van der Waals surface area contributed by atoms with Crippen LogP contribution in [0.1, 0.15) is 28.3 Å². The molecule has 4 nitrogen and oxygen atoms in total. The molecule has 1 aromatic heterocycles. The van der Waals surface area contributed by atoms with Crippen molar-refractivity contribution in [1.82, 2.24) is 5.32 Å². The Kier molecular flexibility index (Phi) is 3.33. The lowest BCUT2D eigenvalue weighted by atomic mass is 10.1. The van der Waals surface area contributed by atoms with Crippen LogP contribution in [0.5, 0.6) is 0 Å². The molecule has 92 valence electrons. The Bertz CT molecular complexity index is 448. The number of aryl methyl sites for hydroxylation is 2. The van der Waals surface area contributed by atoms with Gasteiger partial charge in [0.25, 0.3) is 5.91 Å². The lowest BCUT2D eigenvalue weighted by Crippen LogP contribution is -2.33. The van der Waals surface area contributed by atoms with Gasteiger partial charge in [0, 0.05) is 18.6 Å². The molecule has 0 spiro atoms. The van der Waals surface area contributed by atoms with Crippen molar-refractivity contribution < 1.29 is 14.3 Å². The summed E-state index contributed by atoms with van der Waals surface area (Å²) < 4.78 is 5.32. The SMILES string of the molecule is Cc1cc(C(=O)N[C@@H]2C=C[C@H](CO)C2)c(C)o1. The van der Waals surface area contributed by atoms with Crippen LogP contribution in [0.2, 0.25) is 0 Å². The van der Waals surface area contributed by atoms with E-state index in [0.717, 1.165) is 12.2 Å². The van der Waals surface area contributed by atoms with Gasteiger partial charge in [-0.1, -0.05) is 12.2 Å². The third kappa shape index (κ3) is 2.58. The Labute approximate surface area is 100 Å². The second kappa shape index (κ2) is 4.75. The Morgan fingerprint density at radius 3 is 2.82 bits per heavy atom. The fraction of sp³-hybridized carbons (Fsp3) is 0.462. The number of amides is 1. The van der Waals surface area contributed by atoms with Crippen LogP contribution in [0.25, 0.3) is 0 Å². The first-order valence-corrected chi connectivity index (χ1v) is 5.77. The van der Waals surface area contributed by atoms with Gasteiger partial charge in [-0.25, -0.2) is 0 Å². The van der Waals surface area contributed by atoms with Crippen LogP contribution in [0, 0.1) is 19.8 Å². The van der Waals surface area contributed by atoms with E-state index in [1.54, 1.807) is 13.0 Å². The van der Waals surface area contributed by atoms with Crippen molar-refractivity contribution >= 4 is 5.91 Å². The van der Waals surface area contributed by atoms with E-state index in [0.29, 0.717) is 11.3 Å². The molecule has 0 saturated carbocycles. The number of rotatable bonds is 3. The van der Waals surface area contributed by atoms with Crippen LogP contribution in [0.4, 0.5) is 0 Å². The fourth-order valence-corrected chi connectivity index (χ4v) is 2.12. The molecule has 1 aliphatic carbocycles. The van der Waals surface area contributed by atoms with E-state index in [-0.39, 0.29) is 24.5 Å². The van der Waals surface area contributed by atoms with Gasteiger partial charge in [-0.15, -0.1) is 0 Å². The average Bonchev–Trinajstić information content (AvgIpc) is 2.85. The molecule has 0 bridgehead atoms. The maximum absolute atomic E-state index is 12.0. The average molecular weight is 235 g/mol. The van der Waals surface area contributed by atoms with Gasteiger partial charge in [0.1, 0.15) is 11.5 Å². The molecule has 0 aliphatic heterocycles. The van der Waals surface area contributed by atoms with E-state index in [4.69, 9.17) is 9.52 Å². The standard InChI is InChI=1S/C13H17NO3/c1-8-5-12(9(2)17-8)13(16)14-11-4-3-10(6-11)7-15/h3-5,10-11,15H,6-7H2,1-2H3,(H,14,16)/t10-,11+/m0/s1. The van der Waals surface area contributed by atoms with E-state index in [9.17, 15) is 4.79 Å². The molecule has 1 aliphatic rings. The second-order valence-corrected chi connectivity index (χ2v) is 4.47. The van der Waals surface area contributed by atoms with E-state index in [2.05, 4.69) is 5.32 Å². The first-order valence-electron chi connectivity index (χ1n) is 5.77. The van der Waals surface area contributed by atoms with Crippen molar-refractivity contribution in [3.63, 3.8) is 0 Å². The molecule has 2 atom stereocenters. The molecular formula is C13H17NO3. The number of hydrogen-bond acceptors (Lipinski definition) is 3. The second-order valence-electron chi connectivity index (χ2n) is 4.47. The fourth-order valence-electron chi connectivity index (χ4n) is 2.12. The van der Waals surface area contributed by atoms with Gasteiger partial charge in [-0.3, -0.25) is 4.79 Å². The summed E-state index contributed by atoms with van der Waals surface area (Å²) in [6.07, 6.45) is 4.64. The highest BCUT2D eigenvalue weighted by Gasteiger charge is 2.21. The van der Waals surface area contributed by atoms with Gasteiger partial charge in [0.05, 0.1) is 5.56 Å². The summed E-state index contributed by atoms with van der Waals surface area (Å²) >= 11 is 0. The smallest absolute Gasteiger partial charge is 0.255 e. The zero-order valence-electron chi connectivity index (χ0n) is 10.1. The van der Waals surface area contributed by atoms with Gasteiger partial charge < -0.3 is 14.8 Å². The van der Waals surface area contributed by atoms with Crippen LogP contribution in [-0.2, 0) is 0 Å². The first-order chi connectivity index (χ1) is 8.10. The van der Waals surface area contributed by atoms with E-state index in [1.165, 1.54) is 0 Å². The summed E-state index contributed by atoms with van der Waals surface area (Å²) in [7, 11) is 0. The molecule has 1 heterocycles. The summed E-state index contributed by atoms with van der Waals surface area (Å²) in [6.45, 7) is 3.73. The molecule has 1 aromatic rings. The Hall–Kier alpha value is -1.55. The lowest BCUT2D eigenvalue weighted by Gasteiger charge is -2.12. The van der Waals surface area contributed by atoms with Gasteiger partial charge in [0.15, 0.2) is 0 Å². The van der Waals surface area contributed by atoms with E-state index >= 15 is 0 Å². The highest BCUT2D eigenvalue weighted by atomic mass is 16.3. The molecule has 0 aromatic carbocycles. The molecule has 0 saturated heterocycles.